The molecule has 3 rings (SSSR count). The highest BCUT2D eigenvalue weighted by atomic mass is 16.5. The Kier molecular flexibility index (Phi) is 2.60. The average Bonchev–Trinajstić information content (AvgIpc) is 3.09. The topological polar surface area (TPSA) is 81.7 Å². The summed E-state index contributed by atoms with van der Waals surface area (Å²) < 4.78 is 6.92. The molecule has 0 saturated carbocycles. The van der Waals surface area contributed by atoms with Crippen molar-refractivity contribution in [2.45, 2.75) is 25.8 Å². The molecule has 1 fully saturated rings. The van der Waals surface area contributed by atoms with Crippen LogP contribution in [0.3, 0.4) is 0 Å². The van der Waals surface area contributed by atoms with E-state index in [2.05, 4.69) is 25.8 Å². The van der Waals surface area contributed by atoms with Gasteiger partial charge in [0, 0.05) is 13.0 Å². The molecule has 17 heavy (non-hydrogen) atoms. The third-order valence-corrected chi connectivity index (χ3v) is 2.92. The Bertz CT molecular complexity index is 498. The largest absolute Gasteiger partial charge is 0.339 e. The first-order chi connectivity index (χ1) is 8.36. The van der Waals surface area contributed by atoms with E-state index in [0.717, 1.165) is 25.9 Å². The molecule has 7 heteroatoms. The van der Waals surface area contributed by atoms with Crippen molar-refractivity contribution in [3.8, 4) is 11.5 Å². The Morgan fingerprint density at radius 2 is 2.53 bits per heavy atom. The summed E-state index contributed by atoms with van der Waals surface area (Å²) in [6, 6.07) is 0.383. The Morgan fingerprint density at radius 3 is 3.24 bits per heavy atom. The van der Waals surface area contributed by atoms with E-state index in [-0.39, 0.29) is 0 Å². The molecule has 7 nitrogen and oxygen atoms in total. The number of nitrogens with zero attached hydrogens (tertiary/aromatic N) is 5. The molecular weight excluding hydrogens is 220 g/mol. The average molecular weight is 234 g/mol. The van der Waals surface area contributed by atoms with Crippen LogP contribution in [0.1, 0.15) is 25.3 Å². The van der Waals surface area contributed by atoms with Gasteiger partial charge in [0.05, 0.1) is 12.2 Å². The van der Waals surface area contributed by atoms with Crippen molar-refractivity contribution in [1.29, 1.82) is 0 Å². The predicted octanol–water partition coefficient (Wildman–Crippen LogP) is 0.425. The van der Waals surface area contributed by atoms with Crippen molar-refractivity contribution in [2.75, 3.05) is 13.1 Å². The lowest BCUT2D eigenvalue weighted by Gasteiger charge is -2.05. The maximum absolute atomic E-state index is 5.05. The second-order valence-electron chi connectivity index (χ2n) is 4.10. The van der Waals surface area contributed by atoms with E-state index >= 15 is 0 Å². The highest BCUT2D eigenvalue weighted by Gasteiger charge is 2.19. The predicted molar refractivity (Wildman–Crippen MR) is 59.2 cm³/mol. The number of rotatable bonds is 3. The van der Waals surface area contributed by atoms with Gasteiger partial charge in [-0.2, -0.15) is 4.98 Å². The van der Waals surface area contributed by atoms with Gasteiger partial charge in [0.15, 0.2) is 5.69 Å². The zero-order chi connectivity index (χ0) is 11.7. The molecule has 1 aliphatic rings. The number of aromatic nitrogens is 5. The van der Waals surface area contributed by atoms with Gasteiger partial charge in [-0.25, -0.2) is 4.68 Å². The van der Waals surface area contributed by atoms with Crippen LogP contribution in [0.2, 0.25) is 0 Å². The SMILES string of the molecule is CCc1nc(-c2cn([C@@H]3CCNC3)nn2)no1. The van der Waals surface area contributed by atoms with Gasteiger partial charge >= 0.3 is 0 Å². The first-order valence-corrected chi connectivity index (χ1v) is 5.82. The van der Waals surface area contributed by atoms with Crippen LogP contribution < -0.4 is 5.32 Å². The van der Waals surface area contributed by atoms with E-state index in [9.17, 15) is 0 Å². The molecule has 1 atom stereocenters. The van der Waals surface area contributed by atoms with Gasteiger partial charge in [-0.15, -0.1) is 5.10 Å². The quantitative estimate of drug-likeness (QED) is 0.829. The van der Waals surface area contributed by atoms with Crippen LogP contribution in [-0.2, 0) is 6.42 Å². The summed E-state index contributed by atoms with van der Waals surface area (Å²) in [7, 11) is 0. The number of hydrogen-bond acceptors (Lipinski definition) is 6. The normalized spacial score (nSPS) is 19.9. The molecule has 0 aliphatic carbocycles. The Hall–Kier alpha value is -1.76. The number of hydrogen-bond donors (Lipinski definition) is 1. The summed E-state index contributed by atoms with van der Waals surface area (Å²) in [5, 5.41) is 15.4. The van der Waals surface area contributed by atoms with Gasteiger partial charge in [-0.1, -0.05) is 17.3 Å². The van der Waals surface area contributed by atoms with Gasteiger partial charge in [0.25, 0.3) is 0 Å². The summed E-state index contributed by atoms with van der Waals surface area (Å²) >= 11 is 0. The molecule has 1 saturated heterocycles. The fraction of sp³-hybridized carbons (Fsp3) is 0.600. The maximum atomic E-state index is 5.05. The van der Waals surface area contributed by atoms with E-state index in [4.69, 9.17) is 4.52 Å². The van der Waals surface area contributed by atoms with Gasteiger partial charge < -0.3 is 9.84 Å². The summed E-state index contributed by atoms with van der Waals surface area (Å²) in [6.07, 6.45) is 3.69. The minimum atomic E-state index is 0.383. The van der Waals surface area contributed by atoms with E-state index in [0.29, 0.717) is 23.5 Å². The fourth-order valence-electron chi connectivity index (χ4n) is 1.93. The summed E-state index contributed by atoms with van der Waals surface area (Å²) in [4.78, 5) is 4.23. The van der Waals surface area contributed by atoms with Crippen LogP contribution in [0.4, 0.5) is 0 Å². The Morgan fingerprint density at radius 1 is 1.59 bits per heavy atom. The van der Waals surface area contributed by atoms with Gasteiger partial charge in [0.1, 0.15) is 0 Å². The Balaban J connectivity index is 1.83. The summed E-state index contributed by atoms with van der Waals surface area (Å²) in [5.74, 6) is 1.14. The lowest BCUT2D eigenvalue weighted by molar-refractivity contribution is 0.382. The van der Waals surface area contributed by atoms with Crippen LogP contribution in [-0.4, -0.2) is 38.2 Å². The van der Waals surface area contributed by atoms with Crippen LogP contribution in [0, 0.1) is 0 Å². The number of aryl methyl sites for hydroxylation is 1. The van der Waals surface area contributed by atoms with Crippen LogP contribution >= 0.6 is 0 Å². The zero-order valence-electron chi connectivity index (χ0n) is 9.63. The lowest BCUT2D eigenvalue weighted by Crippen LogP contribution is -2.13. The van der Waals surface area contributed by atoms with Crippen LogP contribution in [0.15, 0.2) is 10.7 Å². The molecule has 0 aromatic carbocycles. The van der Waals surface area contributed by atoms with Crippen molar-refractivity contribution in [1.82, 2.24) is 30.5 Å². The summed E-state index contributed by atoms with van der Waals surface area (Å²) in [6.45, 7) is 3.94. The van der Waals surface area contributed by atoms with Gasteiger partial charge in [-0.05, 0) is 13.0 Å². The van der Waals surface area contributed by atoms with Crippen LogP contribution in [0.5, 0.6) is 0 Å². The lowest BCUT2D eigenvalue weighted by atomic mass is 10.3. The Labute approximate surface area is 98.2 Å². The first-order valence-electron chi connectivity index (χ1n) is 5.82. The molecular formula is C10H14N6O. The molecule has 1 aliphatic heterocycles. The molecule has 2 aromatic rings. The molecule has 1 N–H and O–H groups in total. The molecule has 0 bridgehead atoms. The molecule has 90 valence electrons. The van der Waals surface area contributed by atoms with Crippen molar-refractivity contribution >= 4 is 0 Å². The van der Waals surface area contributed by atoms with Crippen LogP contribution in [0.25, 0.3) is 11.5 Å². The second kappa shape index (κ2) is 4.25. The number of nitrogens with one attached hydrogen (secondary N) is 1. The minimum Gasteiger partial charge on any atom is -0.339 e. The molecule has 3 heterocycles. The summed E-state index contributed by atoms with van der Waals surface area (Å²) in [5.41, 5.74) is 0.667. The molecule has 0 radical (unpaired) electrons. The highest BCUT2D eigenvalue weighted by molar-refractivity contribution is 5.45. The first kappa shape index (κ1) is 10.4. The van der Waals surface area contributed by atoms with E-state index < -0.39 is 0 Å². The minimum absolute atomic E-state index is 0.383. The molecule has 2 aromatic heterocycles. The molecule has 0 amide bonds. The maximum Gasteiger partial charge on any atom is 0.226 e. The van der Waals surface area contributed by atoms with Gasteiger partial charge in [-0.3, -0.25) is 0 Å². The van der Waals surface area contributed by atoms with Crippen molar-refractivity contribution in [3.05, 3.63) is 12.1 Å². The van der Waals surface area contributed by atoms with E-state index in [1.807, 2.05) is 17.8 Å². The van der Waals surface area contributed by atoms with E-state index in [1.165, 1.54) is 0 Å². The van der Waals surface area contributed by atoms with Crippen molar-refractivity contribution in [3.63, 3.8) is 0 Å². The highest BCUT2D eigenvalue weighted by Crippen LogP contribution is 2.17. The fourth-order valence-corrected chi connectivity index (χ4v) is 1.93. The molecule has 0 unspecified atom stereocenters. The standard InChI is InChI=1S/C10H14N6O/c1-2-9-12-10(14-17-9)8-6-16(15-13-8)7-3-4-11-5-7/h6-7,11H,2-5H2,1H3/t7-/m1/s1. The zero-order valence-corrected chi connectivity index (χ0v) is 9.63. The van der Waals surface area contributed by atoms with Gasteiger partial charge in [0.2, 0.25) is 11.7 Å². The third-order valence-electron chi connectivity index (χ3n) is 2.92. The van der Waals surface area contributed by atoms with E-state index in [1.54, 1.807) is 0 Å². The third kappa shape index (κ3) is 1.93. The van der Waals surface area contributed by atoms with Crippen molar-refractivity contribution < 1.29 is 4.52 Å². The smallest absolute Gasteiger partial charge is 0.226 e. The molecule has 0 spiro atoms. The van der Waals surface area contributed by atoms with Crippen molar-refractivity contribution in [2.24, 2.45) is 0 Å². The monoisotopic (exact) mass is 234 g/mol. The second-order valence-corrected chi connectivity index (χ2v) is 4.10.